The molecule has 0 aliphatic rings. The van der Waals surface area contributed by atoms with Gasteiger partial charge in [0, 0.05) is 0 Å². The second-order valence-electron chi connectivity index (χ2n) is 2.86. The summed E-state index contributed by atoms with van der Waals surface area (Å²) in [5.74, 6) is 0. The largest absolute Gasteiger partial charge is 0.135 e. The van der Waals surface area contributed by atoms with Gasteiger partial charge in [-0.3, -0.25) is 0 Å². The topological polar surface area (TPSA) is 0 Å². The number of hydrogen-bond acceptors (Lipinski definition) is 0. The Labute approximate surface area is 101 Å². The molecule has 0 saturated carbocycles. The van der Waals surface area contributed by atoms with E-state index in [1.165, 1.54) is 25.7 Å². The lowest BCUT2D eigenvalue weighted by atomic mass is 10.1. The molecule has 0 N–H and O–H groups in total. The van der Waals surface area contributed by atoms with E-state index in [-0.39, 0.29) is 2.14 Å². The normalized spacial score (nSPS) is 11.6. The molecule has 0 aliphatic carbocycles. The first-order valence-corrected chi connectivity index (χ1v) is 6.62. The lowest BCUT2D eigenvalue weighted by Gasteiger charge is -2.10. The van der Waals surface area contributed by atoms with E-state index in [4.69, 9.17) is 0 Å². The fraction of sp³-hybridized carbons (Fsp3) is 0.778. The van der Waals surface area contributed by atoms with Crippen molar-refractivity contribution in [3.63, 3.8) is 0 Å². The SMILES string of the molecule is C=CCCCCCCC(Br)(Br)Br. The van der Waals surface area contributed by atoms with Crippen LogP contribution in [0.4, 0.5) is 0 Å². The zero-order valence-electron chi connectivity index (χ0n) is 7.16. The minimum Gasteiger partial charge on any atom is -0.103 e. The van der Waals surface area contributed by atoms with Gasteiger partial charge in [0.15, 0.2) is 0 Å². The van der Waals surface area contributed by atoms with Crippen LogP contribution in [-0.2, 0) is 0 Å². The van der Waals surface area contributed by atoms with Crippen LogP contribution in [0.25, 0.3) is 0 Å². The van der Waals surface area contributed by atoms with Crippen LogP contribution in [0.1, 0.15) is 38.5 Å². The first kappa shape index (κ1) is 13.2. The van der Waals surface area contributed by atoms with E-state index in [9.17, 15) is 0 Å². The Hall–Kier alpha value is 1.18. The van der Waals surface area contributed by atoms with E-state index < -0.39 is 0 Å². The Morgan fingerprint density at radius 2 is 1.58 bits per heavy atom. The Bertz CT molecular complexity index is 115. The van der Waals surface area contributed by atoms with Gasteiger partial charge in [0.2, 0.25) is 0 Å². The standard InChI is InChI=1S/C9H15Br3/c1-2-3-4-5-6-7-8-9(10,11)12/h2H,1,3-8H2. The van der Waals surface area contributed by atoms with Gasteiger partial charge in [-0.05, 0) is 19.3 Å². The molecular weight excluding hydrogens is 348 g/mol. The minimum absolute atomic E-state index is 0.0363. The number of rotatable bonds is 6. The monoisotopic (exact) mass is 360 g/mol. The first-order chi connectivity index (χ1) is 5.56. The van der Waals surface area contributed by atoms with E-state index in [2.05, 4.69) is 54.4 Å². The number of allylic oxidation sites excluding steroid dienone is 1. The van der Waals surface area contributed by atoms with Crippen molar-refractivity contribution in [2.24, 2.45) is 0 Å². The van der Waals surface area contributed by atoms with Gasteiger partial charge >= 0.3 is 0 Å². The van der Waals surface area contributed by atoms with E-state index in [1.807, 2.05) is 6.08 Å². The molecule has 0 unspecified atom stereocenters. The third kappa shape index (κ3) is 11.2. The van der Waals surface area contributed by atoms with E-state index in [0.717, 1.165) is 12.8 Å². The molecule has 3 heteroatoms. The Balaban J connectivity index is 3.06. The van der Waals surface area contributed by atoms with Crippen LogP contribution in [0, 0.1) is 0 Å². The van der Waals surface area contributed by atoms with E-state index >= 15 is 0 Å². The summed E-state index contributed by atoms with van der Waals surface area (Å²) < 4.78 is -0.0363. The summed E-state index contributed by atoms with van der Waals surface area (Å²) in [6.45, 7) is 3.70. The number of unbranched alkanes of at least 4 members (excludes halogenated alkanes) is 4. The first-order valence-electron chi connectivity index (χ1n) is 4.24. The van der Waals surface area contributed by atoms with Crippen molar-refractivity contribution in [1.82, 2.24) is 0 Å². The average Bonchev–Trinajstić information content (AvgIpc) is 1.94. The maximum atomic E-state index is 3.70. The summed E-state index contributed by atoms with van der Waals surface area (Å²) in [4.78, 5) is 0. The third-order valence-corrected chi connectivity index (χ3v) is 2.81. The highest BCUT2D eigenvalue weighted by Crippen LogP contribution is 2.38. The van der Waals surface area contributed by atoms with Gasteiger partial charge in [-0.25, -0.2) is 0 Å². The van der Waals surface area contributed by atoms with Crippen LogP contribution in [0.3, 0.4) is 0 Å². The molecular formula is C9H15Br3. The average molecular weight is 363 g/mol. The Kier molecular flexibility index (Phi) is 8.32. The van der Waals surface area contributed by atoms with Crippen molar-refractivity contribution >= 4 is 47.8 Å². The molecule has 0 heterocycles. The highest BCUT2D eigenvalue weighted by molar-refractivity contribution is 9.39. The van der Waals surface area contributed by atoms with Crippen LogP contribution in [-0.4, -0.2) is 2.14 Å². The molecule has 72 valence electrons. The van der Waals surface area contributed by atoms with Crippen molar-refractivity contribution in [2.45, 2.75) is 40.7 Å². The van der Waals surface area contributed by atoms with Crippen LogP contribution in [0.5, 0.6) is 0 Å². The number of hydrogen-bond donors (Lipinski definition) is 0. The quantitative estimate of drug-likeness (QED) is 0.339. The van der Waals surface area contributed by atoms with Crippen LogP contribution in [0.15, 0.2) is 12.7 Å². The fourth-order valence-electron chi connectivity index (χ4n) is 0.968. The van der Waals surface area contributed by atoms with Gasteiger partial charge in [-0.15, -0.1) is 6.58 Å². The third-order valence-electron chi connectivity index (χ3n) is 1.62. The zero-order chi connectivity index (χ0) is 9.45. The predicted molar refractivity (Wildman–Crippen MR) is 67.4 cm³/mol. The highest BCUT2D eigenvalue weighted by Gasteiger charge is 2.15. The van der Waals surface area contributed by atoms with Crippen molar-refractivity contribution in [2.75, 3.05) is 0 Å². The number of alkyl halides is 3. The molecule has 0 aliphatic heterocycles. The molecule has 0 aromatic heterocycles. The molecule has 0 saturated heterocycles. The molecule has 0 spiro atoms. The highest BCUT2D eigenvalue weighted by atomic mass is 80.0. The zero-order valence-corrected chi connectivity index (χ0v) is 11.9. The van der Waals surface area contributed by atoms with Gasteiger partial charge in [-0.1, -0.05) is 73.1 Å². The predicted octanol–water partition coefficient (Wildman–Crippen LogP) is 5.35. The van der Waals surface area contributed by atoms with E-state index in [0.29, 0.717) is 0 Å². The molecule has 0 rings (SSSR count). The Morgan fingerprint density at radius 1 is 1.00 bits per heavy atom. The van der Waals surface area contributed by atoms with Crippen molar-refractivity contribution in [3.05, 3.63) is 12.7 Å². The van der Waals surface area contributed by atoms with Gasteiger partial charge in [0.25, 0.3) is 0 Å². The molecule has 0 amide bonds. The lowest BCUT2D eigenvalue weighted by Crippen LogP contribution is -1.97. The van der Waals surface area contributed by atoms with Crippen molar-refractivity contribution in [3.8, 4) is 0 Å². The summed E-state index contributed by atoms with van der Waals surface area (Å²) in [6, 6.07) is 0. The molecule has 0 aromatic rings. The van der Waals surface area contributed by atoms with Gasteiger partial charge in [-0.2, -0.15) is 0 Å². The number of halogens is 3. The van der Waals surface area contributed by atoms with Crippen LogP contribution < -0.4 is 0 Å². The van der Waals surface area contributed by atoms with Crippen LogP contribution >= 0.6 is 47.8 Å². The summed E-state index contributed by atoms with van der Waals surface area (Å²) in [6.07, 6.45) is 9.41. The molecule has 0 radical (unpaired) electrons. The van der Waals surface area contributed by atoms with Gasteiger partial charge < -0.3 is 0 Å². The smallest absolute Gasteiger partial charge is 0.103 e. The fourth-order valence-corrected chi connectivity index (χ4v) is 1.81. The van der Waals surface area contributed by atoms with Gasteiger partial charge in [0.1, 0.15) is 2.14 Å². The summed E-state index contributed by atoms with van der Waals surface area (Å²) in [7, 11) is 0. The molecule has 0 fully saturated rings. The minimum atomic E-state index is -0.0363. The summed E-state index contributed by atoms with van der Waals surface area (Å²) in [5.41, 5.74) is 0. The van der Waals surface area contributed by atoms with Crippen molar-refractivity contribution in [1.29, 1.82) is 0 Å². The molecule has 0 nitrogen and oxygen atoms in total. The summed E-state index contributed by atoms with van der Waals surface area (Å²) >= 11 is 10.4. The summed E-state index contributed by atoms with van der Waals surface area (Å²) in [5, 5.41) is 0. The maximum Gasteiger partial charge on any atom is 0.135 e. The second kappa shape index (κ2) is 7.57. The van der Waals surface area contributed by atoms with Gasteiger partial charge in [0.05, 0.1) is 0 Å². The molecule has 12 heavy (non-hydrogen) atoms. The van der Waals surface area contributed by atoms with Crippen LogP contribution in [0.2, 0.25) is 0 Å². The van der Waals surface area contributed by atoms with E-state index in [1.54, 1.807) is 0 Å². The molecule has 0 aromatic carbocycles. The van der Waals surface area contributed by atoms with Crippen molar-refractivity contribution < 1.29 is 0 Å². The maximum absolute atomic E-state index is 3.70. The molecule has 0 atom stereocenters. The lowest BCUT2D eigenvalue weighted by molar-refractivity contribution is 0.633. The molecule has 0 bridgehead atoms. The Morgan fingerprint density at radius 3 is 2.08 bits per heavy atom. The second-order valence-corrected chi connectivity index (χ2v) is 10.1.